The van der Waals surface area contributed by atoms with Gasteiger partial charge in [-0.2, -0.15) is 13.2 Å². The molecule has 0 saturated carbocycles. The Labute approximate surface area is 149 Å². The summed E-state index contributed by atoms with van der Waals surface area (Å²) in [7, 11) is 0. The summed E-state index contributed by atoms with van der Waals surface area (Å²) in [4.78, 5) is 22.3. The van der Waals surface area contributed by atoms with Gasteiger partial charge in [-0.1, -0.05) is 30.0 Å². The summed E-state index contributed by atoms with van der Waals surface area (Å²) >= 11 is 0.879. The largest absolute Gasteiger partial charge is 0.453 e. The Balaban J connectivity index is 2.01. The first-order valence-electron chi connectivity index (χ1n) is 7.03. The van der Waals surface area contributed by atoms with Crippen LogP contribution in [-0.4, -0.2) is 38.5 Å². The average Bonchev–Trinajstić information content (AvgIpc) is 2.98. The van der Waals surface area contributed by atoms with Crippen LogP contribution in [0.15, 0.2) is 29.4 Å². The number of carbonyl (C=O) groups is 1. The van der Waals surface area contributed by atoms with Crippen LogP contribution in [0.25, 0.3) is 0 Å². The van der Waals surface area contributed by atoms with Crippen molar-refractivity contribution in [2.24, 2.45) is 0 Å². The first-order valence-corrected chi connectivity index (χ1v) is 8.26. The summed E-state index contributed by atoms with van der Waals surface area (Å²) in [5.74, 6) is -2.14. The molecule has 1 aromatic carbocycles. The monoisotopic (exact) mass is 390 g/mol. The Kier molecular flexibility index (Phi) is 6.15. The number of amides is 1. The number of thioether (sulfide) groups is 1. The van der Waals surface area contributed by atoms with E-state index in [-0.39, 0.29) is 23.9 Å². The number of nitro benzene ring substituents is 1. The number of hydrogen-bond acceptors (Lipinski definition) is 7. The van der Waals surface area contributed by atoms with Crippen LogP contribution in [0, 0.1) is 10.1 Å². The summed E-state index contributed by atoms with van der Waals surface area (Å²) in [6, 6.07) is 5.93. The fraction of sp³-hybridized carbons (Fsp3) is 0.308. The Morgan fingerprint density at radius 1 is 1.35 bits per heavy atom. The summed E-state index contributed by atoms with van der Waals surface area (Å²) < 4.78 is 39.1. The van der Waals surface area contributed by atoms with E-state index >= 15 is 0 Å². The molecule has 0 aliphatic rings. The van der Waals surface area contributed by atoms with Crippen molar-refractivity contribution in [3.05, 3.63) is 45.8 Å². The molecular formula is C13H13F3N6O3S. The molecule has 0 aliphatic carbocycles. The highest BCUT2D eigenvalue weighted by Crippen LogP contribution is 2.29. The van der Waals surface area contributed by atoms with Crippen LogP contribution < -0.4 is 10.7 Å². The molecule has 0 spiro atoms. The van der Waals surface area contributed by atoms with E-state index in [9.17, 15) is 28.1 Å². The molecule has 0 aliphatic heterocycles. The number of benzene rings is 1. The highest BCUT2D eigenvalue weighted by Gasteiger charge is 2.39. The maximum atomic E-state index is 12.9. The average molecular weight is 390 g/mol. The predicted octanol–water partition coefficient (Wildman–Crippen LogP) is 1.79. The third kappa shape index (κ3) is 4.70. The van der Waals surface area contributed by atoms with E-state index in [1.54, 1.807) is 6.07 Å². The summed E-state index contributed by atoms with van der Waals surface area (Å²) in [6.07, 6.45) is -3.30. The summed E-state index contributed by atoms with van der Waals surface area (Å²) in [5.41, 5.74) is 2.28. The van der Waals surface area contributed by atoms with E-state index in [1.807, 2.05) is 0 Å². The molecule has 2 aromatic rings. The van der Waals surface area contributed by atoms with Crippen molar-refractivity contribution >= 4 is 23.4 Å². The lowest BCUT2D eigenvalue weighted by Crippen LogP contribution is -2.35. The second-order valence-corrected chi connectivity index (χ2v) is 5.64. The fourth-order valence-electron chi connectivity index (χ4n) is 2.00. The van der Waals surface area contributed by atoms with Crippen molar-refractivity contribution < 1.29 is 22.9 Å². The molecule has 0 bridgehead atoms. The number of alkyl halides is 3. The van der Waals surface area contributed by atoms with E-state index in [4.69, 9.17) is 0 Å². The molecule has 1 aromatic heterocycles. The SMILES string of the molecule is CSc1nnc(C(F)(F)F)n1NC(=O)CNCc1ccccc1[N+](=O)[O-]. The molecule has 2 rings (SSSR count). The first-order chi connectivity index (χ1) is 12.2. The molecule has 0 fully saturated rings. The molecular weight excluding hydrogens is 377 g/mol. The van der Waals surface area contributed by atoms with Gasteiger partial charge in [-0.25, -0.2) is 4.68 Å². The summed E-state index contributed by atoms with van der Waals surface area (Å²) in [6.45, 7) is -0.371. The second kappa shape index (κ2) is 8.14. The number of carbonyl (C=O) groups excluding carboxylic acids is 1. The van der Waals surface area contributed by atoms with E-state index in [0.29, 0.717) is 10.2 Å². The van der Waals surface area contributed by atoms with Crippen LogP contribution in [0.4, 0.5) is 18.9 Å². The minimum Gasteiger partial charge on any atom is -0.304 e. The molecule has 0 atom stereocenters. The quantitative estimate of drug-likeness (QED) is 0.421. The van der Waals surface area contributed by atoms with Crippen molar-refractivity contribution in [1.29, 1.82) is 0 Å². The maximum Gasteiger partial charge on any atom is 0.453 e. The smallest absolute Gasteiger partial charge is 0.304 e. The summed E-state index contributed by atoms with van der Waals surface area (Å²) in [5, 5.41) is 19.8. The van der Waals surface area contributed by atoms with Gasteiger partial charge in [-0.3, -0.25) is 20.3 Å². The minimum atomic E-state index is -4.79. The maximum absolute atomic E-state index is 12.9. The van der Waals surface area contributed by atoms with Crippen LogP contribution in [0.3, 0.4) is 0 Å². The van der Waals surface area contributed by atoms with Gasteiger partial charge in [0, 0.05) is 18.2 Å². The zero-order valence-electron chi connectivity index (χ0n) is 13.3. The molecule has 0 saturated heterocycles. The van der Waals surface area contributed by atoms with Crippen molar-refractivity contribution in [3.8, 4) is 0 Å². The molecule has 13 heteroatoms. The molecule has 9 nitrogen and oxygen atoms in total. The Bertz CT molecular complexity index is 811. The Morgan fingerprint density at radius 2 is 2.04 bits per heavy atom. The van der Waals surface area contributed by atoms with E-state index < -0.39 is 22.8 Å². The molecule has 0 radical (unpaired) electrons. The van der Waals surface area contributed by atoms with E-state index in [0.717, 1.165) is 11.8 Å². The molecule has 26 heavy (non-hydrogen) atoms. The number of hydrogen-bond donors (Lipinski definition) is 2. The van der Waals surface area contributed by atoms with Crippen LogP contribution >= 0.6 is 11.8 Å². The van der Waals surface area contributed by atoms with Gasteiger partial charge in [-0.05, 0) is 6.26 Å². The van der Waals surface area contributed by atoms with Gasteiger partial charge in [0.15, 0.2) is 0 Å². The Hall–Kier alpha value is -2.67. The normalized spacial score (nSPS) is 11.4. The number of halogens is 3. The van der Waals surface area contributed by atoms with Gasteiger partial charge in [0.05, 0.1) is 11.5 Å². The first kappa shape index (κ1) is 19.7. The number of para-hydroxylation sites is 1. The van der Waals surface area contributed by atoms with E-state index in [1.165, 1.54) is 24.5 Å². The van der Waals surface area contributed by atoms with Gasteiger partial charge in [0.1, 0.15) is 0 Å². The minimum absolute atomic E-state index is 0.00569. The van der Waals surface area contributed by atoms with Gasteiger partial charge in [0.25, 0.3) is 17.4 Å². The number of nitrogens with one attached hydrogen (secondary N) is 2. The predicted molar refractivity (Wildman–Crippen MR) is 86.0 cm³/mol. The number of nitrogens with zero attached hydrogens (tertiary/aromatic N) is 4. The van der Waals surface area contributed by atoms with Crippen molar-refractivity contribution in [2.45, 2.75) is 17.9 Å². The highest BCUT2D eigenvalue weighted by atomic mass is 32.2. The number of rotatable bonds is 7. The molecule has 1 heterocycles. The lowest BCUT2D eigenvalue weighted by atomic mass is 10.2. The topological polar surface area (TPSA) is 115 Å². The lowest BCUT2D eigenvalue weighted by Gasteiger charge is -2.12. The van der Waals surface area contributed by atoms with Gasteiger partial charge < -0.3 is 5.32 Å². The third-order valence-electron chi connectivity index (χ3n) is 3.10. The van der Waals surface area contributed by atoms with Crippen molar-refractivity contribution in [2.75, 3.05) is 18.2 Å². The number of aromatic nitrogens is 3. The highest BCUT2D eigenvalue weighted by molar-refractivity contribution is 7.98. The van der Waals surface area contributed by atoms with Crippen LogP contribution in [-0.2, 0) is 17.5 Å². The second-order valence-electron chi connectivity index (χ2n) is 4.87. The van der Waals surface area contributed by atoms with Gasteiger partial charge in [0.2, 0.25) is 5.16 Å². The standard InChI is InChI=1S/C13H13F3N6O3S/c1-26-12-19-18-11(13(14,15)16)21(12)20-10(23)7-17-6-8-4-2-3-5-9(8)22(24)25/h2-5,17H,6-7H2,1H3,(H,20,23). The van der Waals surface area contributed by atoms with Gasteiger partial charge in [-0.15, -0.1) is 10.2 Å². The zero-order chi connectivity index (χ0) is 19.3. The third-order valence-corrected chi connectivity index (χ3v) is 3.72. The van der Waals surface area contributed by atoms with Crippen LogP contribution in [0.5, 0.6) is 0 Å². The van der Waals surface area contributed by atoms with Gasteiger partial charge >= 0.3 is 6.18 Å². The number of nitro groups is 1. The molecule has 1 amide bonds. The lowest BCUT2D eigenvalue weighted by molar-refractivity contribution is -0.385. The van der Waals surface area contributed by atoms with Crippen LogP contribution in [0.1, 0.15) is 11.4 Å². The van der Waals surface area contributed by atoms with E-state index in [2.05, 4.69) is 20.9 Å². The zero-order valence-corrected chi connectivity index (χ0v) is 14.1. The van der Waals surface area contributed by atoms with Crippen LogP contribution in [0.2, 0.25) is 0 Å². The fourth-order valence-corrected chi connectivity index (χ4v) is 2.44. The molecule has 0 unspecified atom stereocenters. The Morgan fingerprint density at radius 3 is 2.65 bits per heavy atom. The van der Waals surface area contributed by atoms with Crippen molar-refractivity contribution in [3.63, 3.8) is 0 Å². The molecule has 140 valence electrons. The van der Waals surface area contributed by atoms with Crippen molar-refractivity contribution in [1.82, 2.24) is 20.2 Å². The molecule has 2 N–H and O–H groups in total.